The van der Waals surface area contributed by atoms with E-state index in [1.54, 1.807) is 0 Å². The number of benzene rings is 2. The fourth-order valence-electron chi connectivity index (χ4n) is 3.52. The van der Waals surface area contributed by atoms with Gasteiger partial charge in [-0.25, -0.2) is 0 Å². The van der Waals surface area contributed by atoms with Crippen molar-refractivity contribution in [3.63, 3.8) is 0 Å². The van der Waals surface area contributed by atoms with Gasteiger partial charge in [0.05, 0.1) is 0 Å². The molecule has 1 unspecified atom stereocenters. The third-order valence-electron chi connectivity index (χ3n) is 4.86. The molecule has 2 aromatic rings. The molecule has 0 saturated carbocycles. The smallest absolute Gasteiger partial charge is 0.0401 e. The van der Waals surface area contributed by atoms with Gasteiger partial charge in [0.15, 0.2) is 0 Å². The van der Waals surface area contributed by atoms with E-state index < -0.39 is 0 Å². The van der Waals surface area contributed by atoms with Crippen LogP contribution in [0.3, 0.4) is 0 Å². The van der Waals surface area contributed by atoms with Crippen molar-refractivity contribution in [1.82, 2.24) is 9.80 Å². The van der Waals surface area contributed by atoms with Crippen molar-refractivity contribution >= 4 is 11.8 Å². The second-order valence-corrected chi connectivity index (χ2v) is 7.39. The molecule has 4 rings (SSSR count). The molecule has 1 atom stereocenters. The normalized spacial score (nSPS) is 22.7. The Hall–Kier alpha value is -1.29. The first-order chi connectivity index (χ1) is 10.8. The third-order valence-corrected chi connectivity index (χ3v) is 6.07. The Labute approximate surface area is 137 Å². The van der Waals surface area contributed by atoms with Crippen LogP contribution in [0.5, 0.6) is 0 Å². The summed E-state index contributed by atoms with van der Waals surface area (Å²) >= 11 is 1.93. The highest BCUT2D eigenvalue weighted by atomic mass is 32.2. The van der Waals surface area contributed by atoms with Crippen LogP contribution in [-0.4, -0.2) is 43.0 Å². The molecule has 1 fully saturated rings. The van der Waals surface area contributed by atoms with Gasteiger partial charge in [0, 0.05) is 42.0 Å². The van der Waals surface area contributed by atoms with Crippen molar-refractivity contribution in [3.05, 3.63) is 59.7 Å². The standard InChI is InChI=1S/C19H22N2S/c1-20-10-12-21(13-11-20)17-14-15-6-2-4-8-18(15)22-19-9-5-3-7-16(17)19/h2-9,17H,10-14H2,1H3. The van der Waals surface area contributed by atoms with Gasteiger partial charge in [-0.3, -0.25) is 4.90 Å². The minimum Gasteiger partial charge on any atom is -0.304 e. The summed E-state index contributed by atoms with van der Waals surface area (Å²) in [5.41, 5.74) is 3.00. The first-order valence-corrected chi connectivity index (χ1v) is 8.90. The van der Waals surface area contributed by atoms with Gasteiger partial charge in [0.25, 0.3) is 0 Å². The van der Waals surface area contributed by atoms with Crippen molar-refractivity contribution in [2.24, 2.45) is 0 Å². The van der Waals surface area contributed by atoms with E-state index >= 15 is 0 Å². The Bertz CT molecular complexity index is 662. The first-order valence-electron chi connectivity index (χ1n) is 8.08. The summed E-state index contributed by atoms with van der Waals surface area (Å²) in [5, 5.41) is 0. The van der Waals surface area contributed by atoms with Crippen LogP contribution in [0, 0.1) is 0 Å². The van der Waals surface area contributed by atoms with E-state index in [0.717, 1.165) is 6.42 Å². The second-order valence-electron chi connectivity index (χ2n) is 6.31. The van der Waals surface area contributed by atoms with Crippen LogP contribution in [0.25, 0.3) is 0 Å². The number of nitrogens with zero attached hydrogens (tertiary/aromatic N) is 2. The van der Waals surface area contributed by atoms with Crippen molar-refractivity contribution in [3.8, 4) is 0 Å². The van der Waals surface area contributed by atoms with Crippen molar-refractivity contribution in [1.29, 1.82) is 0 Å². The Morgan fingerprint density at radius 1 is 0.864 bits per heavy atom. The van der Waals surface area contributed by atoms with Crippen LogP contribution >= 0.6 is 11.8 Å². The molecular formula is C19H22N2S. The van der Waals surface area contributed by atoms with E-state index in [0.29, 0.717) is 6.04 Å². The molecule has 22 heavy (non-hydrogen) atoms. The SMILES string of the molecule is CN1CCN(C2Cc3ccccc3Sc3ccccc32)CC1. The lowest BCUT2D eigenvalue weighted by Crippen LogP contribution is -2.46. The minimum atomic E-state index is 0.515. The average Bonchev–Trinajstić information content (AvgIpc) is 2.72. The molecule has 0 spiro atoms. The molecule has 2 aliphatic heterocycles. The van der Waals surface area contributed by atoms with Gasteiger partial charge >= 0.3 is 0 Å². The van der Waals surface area contributed by atoms with Crippen LogP contribution in [0.2, 0.25) is 0 Å². The molecule has 2 aliphatic rings. The van der Waals surface area contributed by atoms with Gasteiger partial charge in [0.2, 0.25) is 0 Å². The summed E-state index contributed by atoms with van der Waals surface area (Å²) in [6.07, 6.45) is 1.13. The Kier molecular flexibility index (Phi) is 3.95. The lowest BCUT2D eigenvalue weighted by Gasteiger charge is -2.38. The molecular weight excluding hydrogens is 288 g/mol. The van der Waals surface area contributed by atoms with E-state index in [2.05, 4.69) is 65.4 Å². The minimum absolute atomic E-state index is 0.515. The van der Waals surface area contributed by atoms with Crippen LogP contribution in [0.1, 0.15) is 17.2 Å². The molecule has 2 aromatic carbocycles. The van der Waals surface area contributed by atoms with E-state index in [9.17, 15) is 0 Å². The largest absolute Gasteiger partial charge is 0.304 e. The summed E-state index contributed by atoms with van der Waals surface area (Å²) in [5.74, 6) is 0. The maximum absolute atomic E-state index is 2.68. The third kappa shape index (κ3) is 2.69. The van der Waals surface area contributed by atoms with Gasteiger partial charge in [-0.15, -0.1) is 0 Å². The number of rotatable bonds is 1. The van der Waals surface area contributed by atoms with Crippen molar-refractivity contribution in [2.45, 2.75) is 22.3 Å². The number of hydrogen-bond acceptors (Lipinski definition) is 3. The molecule has 2 nitrogen and oxygen atoms in total. The van der Waals surface area contributed by atoms with Crippen LogP contribution in [0.4, 0.5) is 0 Å². The quantitative estimate of drug-likeness (QED) is 0.793. The van der Waals surface area contributed by atoms with Gasteiger partial charge in [0.1, 0.15) is 0 Å². The fourth-order valence-corrected chi connectivity index (χ4v) is 4.65. The Balaban J connectivity index is 1.73. The van der Waals surface area contributed by atoms with Gasteiger partial charge < -0.3 is 4.90 Å². The summed E-state index contributed by atoms with van der Waals surface area (Å²) in [6.45, 7) is 4.69. The van der Waals surface area contributed by atoms with E-state index in [4.69, 9.17) is 0 Å². The zero-order valence-corrected chi connectivity index (χ0v) is 13.9. The highest BCUT2D eigenvalue weighted by molar-refractivity contribution is 7.99. The van der Waals surface area contributed by atoms with Gasteiger partial charge in [-0.1, -0.05) is 48.2 Å². The molecule has 0 bridgehead atoms. The van der Waals surface area contributed by atoms with E-state index in [1.165, 1.54) is 47.1 Å². The zero-order chi connectivity index (χ0) is 14.9. The summed E-state index contributed by atoms with van der Waals surface area (Å²) < 4.78 is 0. The summed E-state index contributed by atoms with van der Waals surface area (Å²) in [6, 6.07) is 18.4. The highest BCUT2D eigenvalue weighted by Crippen LogP contribution is 2.42. The molecule has 0 amide bonds. The molecule has 1 saturated heterocycles. The first kappa shape index (κ1) is 14.3. The maximum Gasteiger partial charge on any atom is 0.0401 e. The number of hydrogen-bond donors (Lipinski definition) is 0. The molecule has 0 N–H and O–H groups in total. The molecule has 3 heteroatoms. The summed E-state index contributed by atoms with van der Waals surface area (Å²) in [4.78, 5) is 7.96. The Morgan fingerprint density at radius 2 is 1.55 bits per heavy atom. The Morgan fingerprint density at radius 3 is 2.36 bits per heavy atom. The van der Waals surface area contributed by atoms with Crippen LogP contribution in [0.15, 0.2) is 58.3 Å². The molecule has 2 heterocycles. The fraction of sp³-hybridized carbons (Fsp3) is 0.368. The predicted molar refractivity (Wildman–Crippen MR) is 92.5 cm³/mol. The van der Waals surface area contributed by atoms with E-state index in [1.807, 2.05) is 11.8 Å². The van der Waals surface area contributed by atoms with Crippen LogP contribution in [-0.2, 0) is 6.42 Å². The number of fused-ring (bicyclic) bond motifs is 2. The molecule has 0 aliphatic carbocycles. The summed E-state index contributed by atoms with van der Waals surface area (Å²) in [7, 11) is 2.23. The molecule has 0 aromatic heterocycles. The number of piperazine rings is 1. The maximum atomic E-state index is 2.68. The van der Waals surface area contributed by atoms with Crippen molar-refractivity contribution < 1.29 is 0 Å². The zero-order valence-electron chi connectivity index (χ0n) is 13.0. The number of likely N-dealkylation sites (N-methyl/N-ethyl adjacent to an activating group) is 1. The van der Waals surface area contributed by atoms with Gasteiger partial charge in [-0.2, -0.15) is 0 Å². The lowest BCUT2D eigenvalue weighted by atomic mass is 9.97. The highest BCUT2D eigenvalue weighted by Gasteiger charge is 2.28. The average molecular weight is 310 g/mol. The predicted octanol–water partition coefficient (Wildman–Crippen LogP) is 3.68. The monoisotopic (exact) mass is 310 g/mol. The second kappa shape index (κ2) is 6.07. The molecule has 114 valence electrons. The lowest BCUT2D eigenvalue weighted by molar-refractivity contribution is 0.110. The van der Waals surface area contributed by atoms with Crippen LogP contribution < -0.4 is 0 Å². The topological polar surface area (TPSA) is 6.48 Å². The molecule has 0 radical (unpaired) electrons. The van der Waals surface area contributed by atoms with Gasteiger partial charge in [-0.05, 0) is 36.7 Å². The van der Waals surface area contributed by atoms with Crippen molar-refractivity contribution in [2.75, 3.05) is 33.2 Å². The van der Waals surface area contributed by atoms with E-state index in [-0.39, 0.29) is 0 Å².